The number of anilines is 1. The van der Waals surface area contributed by atoms with E-state index < -0.39 is 0 Å². The molecule has 0 spiro atoms. The molecule has 0 radical (unpaired) electrons. The third kappa shape index (κ3) is 3.68. The molecular formula is C16H17N3O3S. The Bertz CT molecular complexity index is 725. The highest BCUT2D eigenvalue weighted by Crippen LogP contribution is 2.42. The molecule has 1 aliphatic rings. The quantitative estimate of drug-likeness (QED) is 0.789. The van der Waals surface area contributed by atoms with E-state index >= 15 is 0 Å². The lowest BCUT2D eigenvalue weighted by molar-refractivity contribution is 0.102. The van der Waals surface area contributed by atoms with Gasteiger partial charge in [-0.3, -0.25) is 10.1 Å². The van der Waals surface area contributed by atoms with Gasteiger partial charge in [0.25, 0.3) is 5.91 Å². The average molecular weight is 331 g/mol. The zero-order chi connectivity index (χ0) is 16.2. The molecular weight excluding hydrogens is 314 g/mol. The van der Waals surface area contributed by atoms with E-state index in [1.807, 2.05) is 0 Å². The minimum atomic E-state index is -0.253. The summed E-state index contributed by atoms with van der Waals surface area (Å²) in [5, 5.41) is 12.4. The number of methoxy groups -OCH3 is 1. The summed E-state index contributed by atoms with van der Waals surface area (Å²) in [5.74, 6) is 1.34. The summed E-state index contributed by atoms with van der Waals surface area (Å²) in [4.78, 5) is 12.3. The minimum absolute atomic E-state index is 0.253. The molecule has 0 saturated heterocycles. The largest absolute Gasteiger partial charge is 0.493 e. The van der Waals surface area contributed by atoms with E-state index in [1.165, 1.54) is 18.4 Å². The van der Waals surface area contributed by atoms with Gasteiger partial charge in [0.05, 0.1) is 7.11 Å². The second kappa shape index (κ2) is 6.78. The molecule has 7 heteroatoms. The van der Waals surface area contributed by atoms with Crippen molar-refractivity contribution in [1.29, 1.82) is 0 Å². The zero-order valence-electron chi connectivity index (χ0n) is 12.7. The fourth-order valence-electron chi connectivity index (χ4n) is 2.03. The first-order valence-electron chi connectivity index (χ1n) is 7.27. The van der Waals surface area contributed by atoms with E-state index in [-0.39, 0.29) is 5.91 Å². The van der Waals surface area contributed by atoms with E-state index in [0.717, 1.165) is 17.8 Å². The lowest BCUT2D eigenvalue weighted by Crippen LogP contribution is -2.12. The molecule has 23 heavy (non-hydrogen) atoms. The van der Waals surface area contributed by atoms with Gasteiger partial charge in [-0.25, -0.2) is 0 Å². The van der Waals surface area contributed by atoms with Crippen molar-refractivity contribution in [2.24, 2.45) is 0 Å². The molecule has 1 saturated carbocycles. The number of hydrogen-bond acceptors (Lipinski definition) is 6. The van der Waals surface area contributed by atoms with Gasteiger partial charge in [0.15, 0.2) is 11.5 Å². The zero-order valence-corrected chi connectivity index (χ0v) is 13.6. The van der Waals surface area contributed by atoms with Crippen molar-refractivity contribution in [2.75, 3.05) is 19.0 Å². The highest BCUT2D eigenvalue weighted by atomic mass is 32.1. The SMILES string of the molecule is C=CCOc1ccc(C(=O)Nc2nnc(C3CC3)s2)cc1OC. The smallest absolute Gasteiger partial charge is 0.257 e. The maximum atomic E-state index is 12.3. The number of hydrogen-bond donors (Lipinski definition) is 1. The van der Waals surface area contributed by atoms with E-state index in [1.54, 1.807) is 24.3 Å². The van der Waals surface area contributed by atoms with Crippen LogP contribution < -0.4 is 14.8 Å². The number of amides is 1. The molecule has 0 aliphatic heterocycles. The Balaban J connectivity index is 1.71. The number of benzene rings is 1. The molecule has 3 rings (SSSR count). The molecule has 1 fully saturated rings. The van der Waals surface area contributed by atoms with Gasteiger partial charge in [0.1, 0.15) is 11.6 Å². The molecule has 1 heterocycles. The Hall–Kier alpha value is -2.41. The molecule has 0 bridgehead atoms. The Labute approximate surface area is 138 Å². The lowest BCUT2D eigenvalue weighted by atomic mass is 10.2. The summed E-state index contributed by atoms with van der Waals surface area (Å²) in [5.41, 5.74) is 0.468. The van der Waals surface area contributed by atoms with E-state index in [0.29, 0.717) is 34.7 Å². The fourth-order valence-corrected chi connectivity index (χ4v) is 2.93. The van der Waals surface area contributed by atoms with Crippen LogP contribution in [0.1, 0.15) is 34.1 Å². The standard InChI is InChI=1S/C16H17N3O3S/c1-3-8-22-12-7-6-11(9-13(12)21-2)14(20)17-16-19-18-15(23-16)10-4-5-10/h3,6-7,9-10H,1,4-5,8H2,2H3,(H,17,19,20). The van der Waals surface area contributed by atoms with Crippen LogP contribution in [0, 0.1) is 0 Å². The number of nitrogens with one attached hydrogen (secondary N) is 1. The molecule has 1 aromatic heterocycles. The highest BCUT2D eigenvalue weighted by molar-refractivity contribution is 7.15. The Morgan fingerprint density at radius 3 is 2.96 bits per heavy atom. The first kappa shape index (κ1) is 15.5. The fraction of sp³-hybridized carbons (Fsp3) is 0.312. The summed E-state index contributed by atoms with van der Waals surface area (Å²) >= 11 is 1.43. The van der Waals surface area contributed by atoms with E-state index in [9.17, 15) is 4.79 Å². The van der Waals surface area contributed by atoms with Crippen LogP contribution in [0.3, 0.4) is 0 Å². The minimum Gasteiger partial charge on any atom is -0.493 e. The molecule has 0 atom stereocenters. The van der Waals surface area contributed by atoms with Gasteiger partial charge < -0.3 is 9.47 Å². The van der Waals surface area contributed by atoms with Crippen LogP contribution >= 0.6 is 11.3 Å². The van der Waals surface area contributed by atoms with Gasteiger partial charge in [0, 0.05) is 11.5 Å². The van der Waals surface area contributed by atoms with Crippen molar-refractivity contribution in [3.63, 3.8) is 0 Å². The normalized spacial score (nSPS) is 13.4. The number of carbonyl (C=O) groups excluding carboxylic acids is 1. The molecule has 120 valence electrons. The summed E-state index contributed by atoms with van der Waals surface area (Å²) < 4.78 is 10.7. The summed E-state index contributed by atoms with van der Waals surface area (Å²) in [6.07, 6.45) is 3.96. The van der Waals surface area contributed by atoms with Crippen molar-refractivity contribution in [3.05, 3.63) is 41.4 Å². The molecule has 1 N–H and O–H groups in total. The van der Waals surface area contributed by atoms with Gasteiger partial charge in [-0.1, -0.05) is 24.0 Å². The highest BCUT2D eigenvalue weighted by Gasteiger charge is 2.27. The van der Waals surface area contributed by atoms with Crippen LogP contribution in [0.4, 0.5) is 5.13 Å². The number of nitrogens with zero attached hydrogens (tertiary/aromatic N) is 2. The van der Waals surface area contributed by atoms with Crippen LogP contribution in [-0.4, -0.2) is 29.8 Å². The van der Waals surface area contributed by atoms with Crippen molar-refractivity contribution in [3.8, 4) is 11.5 Å². The predicted octanol–water partition coefficient (Wildman–Crippen LogP) is 3.24. The first-order chi connectivity index (χ1) is 11.2. The number of ether oxygens (including phenoxy) is 2. The molecule has 2 aromatic rings. The van der Waals surface area contributed by atoms with Crippen molar-refractivity contribution in [1.82, 2.24) is 10.2 Å². The van der Waals surface area contributed by atoms with Gasteiger partial charge in [-0.15, -0.1) is 10.2 Å². The van der Waals surface area contributed by atoms with Crippen LogP contribution in [0.25, 0.3) is 0 Å². The van der Waals surface area contributed by atoms with Gasteiger partial charge in [-0.05, 0) is 31.0 Å². The van der Waals surface area contributed by atoms with Crippen molar-refractivity contribution >= 4 is 22.4 Å². The molecule has 1 aliphatic carbocycles. The monoisotopic (exact) mass is 331 g/mol. The van der Waals surface area contributed by atoms with Gasteiger partial charge in [0.2, 0.25) is 5.13 Å². The topological polar surface area (TPSA) is 73.3 Å². The second-order valence-corrected chi connectivity index (χ2v) is 6.15. The molecule has 1 amide bonds. The summed E-state index contributed by atoms with van der Waals surface area (Å²) in [6.45, 7) is 3.97. The Morgan fingerprint density at radius 1 is 1.43 bits per heavy atom. The Kier molecular flexibility index (Phi) is 4.57. The maximum absolute atomic E-state index is 12.3. The van der Waals surface area contributed by atoms with Crippen LogP contribution in [0.15, 0.2) is 30.9 Å². The Morgan fingerprint density at radius 2 is 2.26 bits per heavy atom. The van der Waals surface area contributed by atoms with E-state index in [2.05, 4.69) is 22.1 Å². The van der Waals surface area contributed by atoms with Gasteiger partial charge in [-0.2, -0.15) is 0 Å². The molecule has 0 unspecified atom stereocenters. The first-order valence-corrected chi connectivity index (χ1v) is 8.09. The van der Waals surface area contributed by atoms with Gasteiger partial charge >= 0.3 is 0 Å². The molecule has 1 aromatic carbocycles. The predicted molar refractivity (Wildman–Crippen MR) is 88.5 cm³/mol. The third-order valence-electron chi connectivity index (χ3n) is 3.37. The number of aromatic nitrogens is 2. The maximum Gasteiger partial charge on any atom is 0.257 e. The van der Waals surface area contributed by atoms with Crippen molar-refractivity contribution < 1.29 is 14.3 Å². The second-order valence-electron chi connectivity index (χ2n) is 5.14. The third-order valence-corrected chi connectivity index (χ3v) is 4.37. The van der Waals surface area contributed by atoms with Crippen LogP contribution in [0.2, 0.25) is 0 Å². The van der Waals surface area contributed by atoms with Crippen LogP contribution in [-0.2, 0) is 0 Å². The summed E-state index contributed by atoms with van der Waals surface area (Å²) in [6, 6.07) is 5.02. The van der Waals surface area contributed by atoms with Crippen LogP contribution in [0.5, 0.6) is 11.5 Å². The number of rotatable bonds is 7. The van der Waals surface area contributed by atoms with E-state index in [4.69, 9.17) is 9.47 Å². The lowest BCUT2D eigenvalue weighted by Gasteiger charge is -2.10. The number of carbonyl (C=O) groups is 1. The average Bonchev–Trinajstić information content (AvgIpc) is 3.32. The summed E-state index contributed by atoms with van der Waals surface area (Å²) in [7, 11) is 1.53. The molecule has 6 nitrogen and oxygen atoms in total. The van der Waals surface area contributed by atoms with Crippen molar-refractivity contribution in [2.45, 2.75) is 18.8 Å².